The molecule has 1 amide bonds. The van der Waals surface area contributed by atoms with Crippen LogP contribution in [0.1, 0.15) is 12.8 Å². The Morgan fingerprint density at radius 3 is 3.00 bits per heavy atom. The second kappa shape index (κ2) is 8.21. The highest BCUT2D eigenvalue weighted by Crippen LogP contribution is 2.26. The maximum atomic E-state index is 10.9. The molecule has 1 heterocycles. The Balaban J connectivity index is 1.85. The van der Waals surface area contributed by atoms with Gasteiger partial charge in [-0.15, -0.1) is 11.8 Å². The molecule has 7 heteroatoms. The molecule has 0 aliphatic carbocycles. The highest BCUT2D eigenvalue weighted by molar-refractivity contribution is 8.00. The van der Waals surface area contributed by atoms with Gasteiger partial charge in [0.25, 0.3) is 0 Å². The van der Waals surface area contributed by atoms with Crippen LogP contribution in [0.15, 0.2) is 29.2 Å². The fourth-order valence-electron chi connectivity index (χ4n) is 2.02. The molecule has 0 radical (unpaired) electrons. The molecule has 114 valence electrons. The van der Waals surface area contributed by atoms with Gasteiger partial charge in [-0.2, -0.15) is 0 Å². The van der Waals surface area contributed by atoms with Crippen molar-refractivity contribution < 1.29 is 9.53 Å². The summed E-state index contributed by atoms with van der Waals surface area (Å²) in [5.74, 6) is -0.0942. The molecule has 1 aliphatic heterocycles. The lowest BCUT2D eigenvalue weighted by atomic mass is 10.2. The third-order valence-electron chi connectivity index (χ3n) is 3.02. The largest absolute Gasteiger partial charge is 0.376 e. The number of thiocarbonyl (C=S) groups is 1. The average Bonchev–Trinajstić information content (AvgIpc) is 2.97. The molecule has 1 saturated heterocycles. The van der Waals surface area contributed by atoms with E-state index in [-0.39, 0.29) is 17.8 Å². The predicted octanol–water partition coefficient (Wildman–Crippen LogP) is 1.73. The number of amides is 1. The maximum Gasteiger partial charge on any atom is 0.227 e. The molecule has 4 N–H and O–H groups in total. The van der Waals surface area contributed by atoms with Crippen molar-refractivity contribution in [3.8, 4) is 0 Å². The minimum Gasteiger partial charge on any atom is -0.376 e. The Morgan fingerprint density at radius 2 is 2.29 bits per heavy atom. The predicted molar refractivity (Wildman–Crippen MR) is 89.6 cm³/mol. The zero-order valence-electron chi connectivity index (χ0n) is 11.6. The lowest BCUT2D eigenvalue weighted by Crippen LogP contribution is -2.34. The van der Waals surface area contributed by atoms with Crippen LogP contribution >= 0.6 is 24.0 Å². The van der Waals surface area contributed by atoms with Gasteiger partial charge in [-0.1, -0.05) is 12.1 Å². The number of hydrogen-bond acceptors (Lipinski definition) is 4. The number of rotatable bonds is 6. The zero-order chi connectivity index (χ0) is 15.1. The first kappa shape index (κ1) is 16.1. The summed E-state index contributed by atoms with van der Waals surface area (Å²) in [4.78, 5) is 11.8. The summed E-state index contributed by atoms with van der Waals surface area (Å²) in [6.07, 6.45) is 2.42. The number of para-hydroxylation sites is 1. The molecule has 5 nitrogen and oxygen atoms in total. The summed E-state index contributed by atoms with van der Waals surface area (Å²) in [6, 6.07) is 7.68. The molecule has 1 atom stereocenters. The highest BCUT2D eigenvalue weighted by atomic mass is 32.2. The smallest absolute Gasteiger partial charge is 0.227 e. The van der Waals surface area contributed by atoms with Crippen LogP contribution < -0.4 is 16.4 Å². The Labute approximate surface area is 134 Å². The van der Waals surface area contributed by atoms with Crippen LogP contribution in [0.3, 0.4) is 0 Å². The Bertz CT molecular complexity index is 505. The van der Waals surface area contributed by atoms with E-state index >= 15 is 0 Å². The van der Waals surface area contributed by atoms with Gasteiger partial charge in [-0.3, -0.25) is 4.79 Å². The van der Waals surface area contributed by atoms with Crippen molar-refractivity contribution in [2.45, 2.75) is 23.8 Å². The molecule has 0 spiro atoms. The first-order valence-electron chi connectivity index (χ1n) is 6.82. The van der Waals surface area contributed by atoms with Crippen LogP contribution in [0.2, 0.25) is 0 Å². The number of hydrogen-bond donors (Lipinski definition) is 3. The van der Waals surface area contributed by atoms with Crippen molar-refractivity contribution in [2.24, 2.45) is 5.73 Å². The number of carbonyl (C=O) groups excluding carboxylic acids is 1. The Hall–Kier alpha value is -1.31. The molecule has 1 aromatic carbocycles. The third kappa shape index (κ3) is 5.53. The minimum atomic E-state index is -0.339. The SMILES string of the molecule is NC(=O)CSc1ccccc1NC(=S)NC[C@H]1CCCO1. The van der Waals surface area contributed by atoms with Gasteiger partial charge in [0, 0.05) is 18.0 Å². The Morgan fingerprint density at radius 1 is 1.48 bits per heavy atom. The molecular formula is C14H19N3O2S2. The monoisotopic (exact) mass is 325 g/mol. The number of ether oxygens (including phenoxy) is 1. The molecule has 0 aromatic heterocycles. The normalized spacial score (nSPS) is 17.4. The van der Waals surface area contributed by atoms with Crippen molar-refractivity contribution in [2.75, 3.05) is 24.2 Å². The summed E-state index contributed by atoms with van der Waals surface area (Å²) in [5, 5.41) is 6.86. The number of nitrogens with two attached hydrogens (primary N) is 1. The summed E-state index contributed by atoms with van der Waals surface area (Å²) < 4.78 is 5.54. The van der Waals surface area contributed by atoms with Gasteiger partial charge in [0.1, 0.15) is 0 Å². The highest BCUT2D eigenvalue weighted by Gasteiger charge is 2.15. The van der Waals surface area contributed by atoms with Gasteiger partial charge >= 0.3 is 0 Å². The van der Waals surface area contributed by atoms with E-state index < -0.39 is 0 Å². The van der Waals surface area contributed by atoms with Crippen LogP contribution in [-0.2, 0) is 9.53 Å². The number of anilines is 1. The van der Waals surface area contributed by atoms with Crippen LogP contribution in [0, 0.1) is 0 Å². The number of carbonyl (C=O) groups is 1. The van der Waals surface area contributed by atoms with Gasteiger partial charge in [-0.25, -0.2) is 0 Å². The van der Waals surface area contributed by atoms with Crippen molar-refractivity contribution in [1.29, 1.82) is 0 Å². The van der Waals surface area contributed by atoms with Gasteiger partial charge < -0.3 is 21.1 Å². The van der Waals surface area contributed by atoms with Gasteiger partial charge in [0.2, 0.25) is 5.91 Å². The molecule has 21 heavy (non-hydrogen) atoms. The molecule has 1 aliphatic rings. The van der Waals surface area contributed by atoms with E-state index in [0.29, 0.717) is 11.7 Å². The first-order chi connectivity index (χ1) is 10.1. The summed E-state index contributed by atoms with van der Waals surface area (Å²) in [7, 11) is 0. The van der Waals surface area contributed by atoms with Crippen molar-refractivity contribution in [3.05, 3.63) is 24.3 Å². The van der Waals surface area contributed by atoms with Crippen molar-refractivity contribution in [3.63, 3.8) is 0 Å². The van der Waals surface area contributed by atoms with E-state index in [0.717, 1.165) is 30.0 Å². The van der Waals surface area contributed by atoms with Gasteiger partial charge in [-0.05, 0) is 37.2 Å². The lowest BCUT2D eigenvalue weighted by Gasteiger charge is -2.15. The number of benzene rings is 1. The van der Waals surface area contributed by atoms with Gasteiger partial charge in [0.15, 0.2) is 5.11 Å². The number of primary amides is 1. The average molecular weight is 325 g/mol. The fourth-order valence-corrected chi connectivity index (χ4v) is 2.96. The Kier molecular flexibility index (Phi) is 6.28. The van der Waals surface area contributed by atoms with Gasteiger partial charge in [0.05, 0.1) is 17.5 Å². The van der Waals surface area contributed by atoms with E-state index in [4.69, 9.17) is 22.7 Å². The second-order valence-corrected chi connectivity index (χ2v) is 6.15. The quantitative estimate of drug-likeness (QED) is 0.546. The topological polar surface area (TPSA) is 76.4 Å². The zero-order valence-corrected chi connectivity index (χ0v) is 13.3. The van der Waals surface area contributed by atoms with Crippen molar-refractivity contribution >= 4 is 40.7 Å². The van der Waals surface area contributed by atoms with Crippen molar-refractivity contribution in [1.82, 2.24) is 5.32 Å². The fraction of sp³-hybridized carbons (Fsp3) is 0.429. The van der Waals surface area contributed by atoms with E-state index in [1.165, 1.54) is 11.8 Å². The number of thioether (sulfide) groups is 1. The molecule has 2 rings (SSSR count). The molecule has 0 unspecified atom stereocenters. The molecule has 0 bridgehead atoms. The second-order valence-electron chi connectivity index (χ2n) is 4.72. The lowest BCUT2D eigenvalue weighted by molar-refractivity contribution is -0.115. The van der Waals surface area contributed by atoms with E-state index in [9.17, 15) is 4.79 Å². The van der Waals surface area contributed by atoms with E-state index in [2.05, 4.69) is 10.6 Å². The maximum absolute atomic E-state index is 10.9. The molecule has 0 saturated carbocycles. The third-order valence-corrected chi connectivity index (χ3v) is 4.36. The number of nitrogens with one attached hydrogen (secondary N) is 2. The van der Waals surface area contributed by atoms with E-state index in [1.807, 2.05) is 24.3 Å². The first-order valence-corrected chi connectivity index (χ1v) is 8.21. The molecule has 1 aromatic rings. The minimum absolute atomic E-state index is 0.240. The van der Waals surface area contributed by atoms with Crippen LogP contribution in [0.25, 0.3) is 0 Å². The van der Waals surface area contributed by atoms with Crippen LogP contribution in [-0.4, -0.2) is 36.0 Å². The summed E-state index contributed by atoms with van der Waals surface area (Å²) >= 11 is 6.68. The van der Waals surface area contributed by atoms with Crippen LogP contribution in [0.4, 0.5) is 5.69 Å². The molecular weight excluding hydrogens is 306 g/mol. The van der Waals surface area contributed by atoms with Crippen LogP contribution in [0.5, 0.6) is 0 Å². The van der Waals surface area contributed by atoms with E-state index in [1.54, 1.807) is 0 Å². The summed E-state index contributed by atoms with van der Waals surface area (Å²) in [5.41, 5.74) is 6.05. The summed E-state index contributed by atoms with van der Waals surface area (Å²) in [6.45, 7) is 1.54. The molecule has 1 fully saturated rings. The standard InChI is InChI=1S/C14H19N3O2S2/c15-13(18)9-21-12-6-2-1-5-11(12)17-14(20)16-8-10-4-3-7-19-10/h1-2,5-6,10H,3-4,7-9H2,(H2,15,18)(H2,16,17,20)/t10-/m1/s1.